The van der Waals surface area contributed by atoms with Crippen molar-refractivity contribution in [3.8, 4) is 11.5 Å². The molecule has 42 heavy (non-hydrogen) atoms. The van der Waals surface area contributed by atoms with Gasteiger partial charge in [0.2, 0.25) is 11.8 Å². The molecule has 2 aromatic carbocycles. The van der Waals surface area contributed by atoms with E-state index in [1.807, 2.05) is 0 Å². The fraction of sp³-hybridized carbons (Fsp3) is 0.241. The average Bonchev–Trinajstić information content (AvgIpc) is 3.59. The maximum absolute atomic E-state index is 14.3. The SMILES string of the molecule is CC(C)(Cc1coc(C2(C)C(=O)Nc3nc(-c4nn(Cc5cccc(F)c5)c5cc(F)ccc45)nc(N)c32)n1)C(=O)O. The fourth-order valence-corrected chi connectivity index (χ4v) is 5.10. The van der Waals surface area contributed by atoms with Gasteiger partial charge in [-0.15, -0.1) is 0 Å². The number of anilines is 2. The van der Waals surface area contributed by atoms with Crippen LogP contribution in [0.5, 0.6) is 0 Å². The Kier molecular flexibility index (Phi) is 6.06. The number of nitrogens with two attached hydrogens (primary N) is 1. The monoisotopic (exact) mass is 573 g/mol. The first-order chi connectivity index (χ1) is 19.9. The fourth-order valence-electron chi connectivity index (χ4n) is 5.10. The van der Waals surface area contributed by atoms with Gasteiger partial charge in [0.05, 0.1) is 28.7 Å². The first-order valence-electron chi connectivity index (χ1n) is 13.0. The summed E-state index contributed by atoms with van der Waals surface area (Å²) in [5.74, 6) is -2.20. The summed E-state index contributed by atoms with van der Waals surface area (Å²) in [6.45, 7) is 4.84. The number of halogens is 2. The summed E-state index contributed by atoms with van der Waals surface area (Å²) >= 11 is 0. The lowest BCUT2D eigenvalue weighted by Gasteiger charge is -2.19. The van der Waals surface area contributed by atoms with Gasteiger partial charge >= 0.3 is 5.97 Å². The molecule has 1 aliphatic rings. The summed E-state index contributed by atoms with van der Waals surface area (Å²) in [5.41, 5.74) is 5.76. The van der Waals surface area contributed by atoms with Gasteiger partial charge in [-0.05, 0) is 56.7 Å². The highest BCUT2D eigenvalue weighted by Gasteiger charge is 2.51. The number of hydrogen-bond donors (Lipinski definition) is 3. The van der Waals surface area contributed by atoms with Crippen molar-refractivity contribution in [2.24, 2.45) is 5.41 Å². The minimum absolute atomic E-state index is 0.0123. The van der Waals surface area contributed by atoms with Crippen molar-refractivity contribution in [3.63, 3.8) is 0 Å². The summed E-state index contributed by atoms with van der Waals surface area (Å²) < 4.78 is 35.2. The van der Waals surface area contributed by atoms with E-state index in [-0.39, 0.29) is 47.6 Å². The minimum Gasteiger partial charge on any atom is -0.481 e. The molecule has 0 aliphatic carbocycles. The van der Waals surface area contributed by atoms with Crippen molar-refractivity contribution >= 4 is 34.4 Å². The van der Waals surface area contributed by atoms with Crippen LogP contribution in [0.4, 0.5) is 20.4 Å². The molecule has 1 amide bonds. The number of oxazole rings is 1. The predicted octanol–water partition coefficient (Wildman–Crippen LogP) is 4.30. The number of hydrogen-bond acceptors (Lipinski definition) is 8. The quantitative estimate of drug-likeness (QED) is 0.258. The molecule has 0 fully saturated rings. The normalized spacial score (nSPS) is 16.5. The minimum atomic E-state index is -1.49. The number of nitrogen functional groups attached to an aromatic ring is 1. The average molecular weight is 574 g/mol. The third kappa shape index (κ3) is 4.33. The van der Waals surface area contributed by atoms with Gasteiger partial charge in [0, 0.05) is 11.8 Å². The molecule has 1 aliphatic heterocycles. The molecular weight excluding hydrogens is 548 g/mol. The summed E-state index contributed by atoms with van der Waals surface area (Å²) in [4.78, 5) is 38.3. The maximum atomic E-state index is 14.3. The number of carboxylic acids is 1. The van der Waals surface area contributed by atoms with E-state index in [0.29, 0.717) is 22.2 Å². The third-order valence-electron chi connectivity index (χ3n) is 7.45. The molecule has 6 rings (SSSR count). The van der Waals surface area contributed by atoms with Gasteiger partial charge in [0.15, 0.2) is 11.2 Å². The van der Waals surface area contributed by atoms with Crippen LogP contribution < -0.4 is 11.1 Å². The van der Waals surface area contributed by atoms with Crippen LogP contribution in [0.2, 0.25) is 0 Å². The number of carbonyl (C=O) groups is 2. The highest BCUT2D eigenvalue weighted by molar-refractivity contribution is 6.08. The first-order valence-corrected chi connectivity index (χ1v) is 13.0. The molecule has 1 atom stereocenters. The molecule has 214 valence electrons. The van der Waals surface area contributed by atoms with Gasteiger partial charge in [-0.2, -0.15) is 5.10 Å². The zero-order valence-corrected chi connectivity index (χ0v) is 22.8. The Balaban J connectivity index is 1.41. The zero-order chi connectivity index (χ0) is 30.0. The first kappa shape index (κ1) is 27.0. The Morgan fingerprint density at radius 2 is 1.90 bits per heavy atom. The van der Waals surface area contributed by atoms with Crippen LogP contribution in [-0.4, -0.2) is 41.7 Å². The Morgan fingerprint density at radius 1 is 1.14 bits per heavy atom. The van der Waals surface area contributed by atoms with Gasteiger partial charge in [-0.1, -0.05) is 12.1 Å². The standard InChI is InChI=1S/C29H25F2N7O4/c1-28(2,27(40)41)11-17-13-42-26(33-17)29(3)20-22(32)34-24(35-23(20)36-25(29)39)21-18-8-7-16(31)10-19(18)38(37-21)12-14-5-4-6-15(30)9-14/h4-10,13H,11-12H2,1-3H3,(H,40,41)(H3,32,34,35,36,39). The van der Waals surface area contributed by atoms with Crippen molar-refractivity contribution in [2.75, 3.05) is 11.1 Å². The molecule has 5 aromatic rings. The van der Waals surface area contributed by atoms with Gasteiger partial charge in [0.25, 0.3) is 0 Å². The largest absolute Gasteiger partial charge is 0.481 e. The molecule has 0 spiro atoms. The predicted molar refractivity (Wildman–Crippen MR) is 147 cm³/mol. The number of fused-ring (bicyclic) bond motifs is 2. The van der Waals surface area contributed by atoms with Gasteiger partial charge in [-0.3, -0.25) is 14.3 Å². The van der Waals surface area contributed by atoms with E-state index in [1.165, 1.54) is 41.3 Å². The number of nitrogens with zero attached hydrogens (tertiary/aromatic N) is 5. The zero-order valence-electron chi connectivity index (χ0n) is 22.8. The van der Waals surface area contributed by atoms with Crippen LogP contribution in [0.3, 0.4) is 0 Å². The lowest BCUT2D eigenvalue weighted by atomic mass is 9.84. The van der Waals surface area contributed by atoms with Crippen LogP contribution in [0, 0.1) is 17.0 Å². The van der Waals surface area contributed by atoms with Gasteiger partial charge in [-0.25, -0.2) is 23.7 Å². The molecule has 1 unspecified atom stereocenters. The molecule has 11 nitrogen and oxygen atoms in total. The van der Waals surface area contributed by atoms with Crippen LogP contribution in [0.25, 0.3) is 22.4 Å². The molecule has 4 heterocycles. The number of aliphatic carboxylic acids is 1. The van der Waals surface area contributed by atoms with Crippen LogP contribution in [-0.2, 0) is 28.0 Å². The third-order valence-corrected chi connectivity index (χ3v) is 7.45. The topological polar surface area (TPSA) is 162 Å². The number of aromatic nitrogens is 5. The lowest BCUT2D eigenvalue weighted by Crippen LogP contribution is -2.33. The van der Waals surface area contributed by atoms with Crippen molar-refractivity contribution < 1.29 is 27.9 Å². The van der Waals surface area contributed by atoms with Crippen molar-refractivity contribution in [1.82, 2.24) is 24.7 Å². The van der Waals surface area contributed by atoms with Crippen LogP contribution >= 0.6 is 0 Å². The Morgan fingerprint density at radius 3 is 2.64 bits per heavy atom. The summed E-state index contributed by atoms with van der Waals surface area (Å²) in [6.07, 6.45) is 1.39. The van der Waals surface area contributed by atoms with E-state index in [4.69, 9.17) is 10.2 Å². The number of rotatable bonds is 7. The lowest BCUT2D eigenvalue weighted by molar-refractivity contribution is -0.146. The summed E-state index contributed by atoms with van der Waals surface area (Å²) in [5, 5.41) is 17.3. The number of amides is 1. The highest BCUT2D eigenvalue weighted by Crippen LogP contribution is 2.45. The second-order valence-corrected chi connectivity index (χ2v) is 11.0. The van der Waals surface area contributed by atoms with Crippen LogP contribution in [0.1, 0.15) is 43.5 Å². The van der Waals surface area contributed by atoms with Crippen molar-refractivity contribution in [2.45, 2.75) is 39.2 Å². The molecule has 3 aromatic heterocycles. The van der Waals surface area contributed by atoms with E-state index in [2.05, 4.69) is 25.4 Å². The molecule has 0 saturated heterocycles. The Labute approximate surface area is 237 Å². The van der Waals surface area contributed by atoms with E-state index in [9.17, 15) is 23.5 Å². The van der Waals surface area contributed by atoms with Crippen LogP contribution in [0.15, 0.2) is 53.1 Å². The number of nitrogens with one attached hydrogen (secondary N) is 1. The molecule has 13 heteroatoms. The van der Waals surface area contributed by atoms with E-state index in [0.717, 1.165) is 0 Å². The highest BCUT2D eigenvalue weighted by atomic mass is 19.1. The van der Waals surface area contributed by atoms with E-state index in [1.54, 1.807) is 32.9 Å². The second-order valence-electron chi connectivity index (χ2n) is 11.0. The smallest absolute Gasteiger partial charge is 0.309 e. The molecule has 0 saturated carbocycles. The Hall–Kier alpha value is -5.20. The number of benzene rings is 2. The Bertz CT molecular complexity index is 1920. The number of carbonyl (C=O) groups excluding carboxylic acids is 1. The molecular formula is C29H25F2N7O4. The van der Waals surface area contributed by atoms with Crippen molar-refractivity contribution in [3.05, 3.63) is 83.1 Å². The van der Waals surface area contributed by atoms with Crippen molar-refractivity contribution in [1.29, 1.82) is 0 Å². The van der Waals surface area contributed by atoms with Gasteiger partial charge in [0.1, 0.15) is 35.2 Å². The molecule has 4 N–H and O–H groups in total. The maximum Gasteiger partial charge on any atom is 0.309 e. The summed E-state index contributed by atoms with van der Waals surface area (Å²) in [6, 6.07) is 10.1. The summed E-state index contributed by atoms with van der Waals surface area (Å²) in [7, 11) is 0. The van der Waals surface area contributed by atoms with E-state index < -0.39 is 34.3 Å². The second kappa shape index (κ2) is 9.43. The molecule has 0 radical (unpaired) electrons. The van der Waals surface area contributed by atoms with Gasteiger partial charge < -0.3 is 20.6 Å². The van der Waals surface area contributed by atoms with E-state index >= 15 is 0 Å². The molecule has 0 bridgehead atoms. The number of carboxylic acid groups (broad SMARTS) is 1.